The van der Waals surface area contributed by atoms with Crippen LogP contribution in [0.25, 0.3) is 0 Å². The highest BCUT2D eigenvalue weighted by molar-refractivity contribution is 5.89. The second-order valence-corrected chi connectivity index (χ2v) is 7.45. The lowest BCUT2D eigenvalue weighted by Gasteiger charge is -2.57. The number of hydrogen-bond donors (Lipinski definition) is 2. The maximum Gasteiger partial charge on any atom is 0.241 e. The third-order valence-electron chi connectivity index (χ3n) is 5.93. The normalized spacial score (nSPS) is 36.9. The smallest absolute Gasteiger partial charge is 0.241 e. The van der Waals surface area contributed by atoms with Gasteiger partial charge in [-0.05, 0) is 25.7 Å². The lowest BCUT2D eigenvalue weighted by molar-refractivity contribution is -0.171. The second-order valence-electron chi connectivity index (χ2n) is 7.45. The van der Waals surface area contributed by atoms with Crippen molar-refractivity contribution in [3.63, 3.8) is 0 Å². The van der Waals surface area contributed by atoms with E-state index in [1.807, 2.05) is 20.8 Å². The predicted molar refractivity (Wildman–Crippen MR) is 92.2 cm³/mol. The summed E-state index contributed by atoms with van der Waals surface area (Å²) in [6.07, 6.45) is 6.64. The summed E-state index contributed by atoms with van der Waals surface area (Å²) in [5.41, 5.74) is 5.35. The molecule has 0 aromatic rings. The van der Waals surface area contributed by atoms with Gasteiger partial charge in [0.1, 0.15) is 5.54 Å². The molecule has 0 aromatic heterocycles. The summed E-state index contributed by atoms with van der Waals surface area (Å²) in [6, 6.07) is 0.304. The van der Waals surface area contributed by atoms with E-state index in [1.165, 1.54) is 19.3 Å². The third-order valence-corrected chi connectivity index (χ3v) is 5.93. The quantitative estimate of drug-likeness (QED) is 0.813. The molecule has 22 heavy (non-hydrogen) atoms. The Kier molecular flexibility index (Phi) is 6.72. The van der Waals surface area contributed by atoms with Crippen molar-refractivity contribution in [3.05, 3.63) is 0 Å². The summed E-state index contributed by atoms with van der Waals surface area (Å²) in [4.78, 5) is 12.7. The summed E-state index contributed by atoms with van der Waals surface area (Å²) in [5, 5.41) is 3.22. The van der Waals surface area contributed by atoms with Gasteiger partial charge in [-0.25, -0.2) is 0 Å². The Morgan fingerprint density at radius 3 is 2.55 bits per heavy atom. The molecule has 3 N–H and O–H groups in total. The van der Waals surface area contributed by atoms with Crippen molar-refractivity contribution in [2.45, 2.75) is 83.9 Å². The van der Waals surface area contributed by atoms with E-state index in [1.54, 1.807) is 0 Å². The molecule has 2 aliphatic rings. The molecule has 4 unspecified atom stereocenters. The molecule has 0 aromatic carbocycles. The van der Waals surface area contributed by atoms with Gasteiger partial charge in [-0.3, -0.25) is 4.79 Å². The molecule has 0 bridgehead atoms. The van der Waals surface area contributed by atoms with Crippen molar-refractivity contribution < 1.29 is 9.53 Å². The van der Waals surface area contributed by atoms with Gasteiger partial charge < -0.3 is 15.8 Å². The van der Waals surface area contributed by atoms with Crippen LogP contribution in [0.1, 0.15) is 66.2 Å². The van der Waals surface area contributed by atoms with Crippen molar-refractivity contribution in [1.29, 1.82) is 0 Å². The molecule has 0 saturated heterocycles. The highest BCUT2D eigenvalue weighted by atomic mass is 35.5. The second kappa shape index (κ2) is 7.50. The van der Waals surface area contributed by atoms with Crippen molar-refractivity contribution in [1.82, 2.24) is 5.32 Å². The monoisotopic (exact) mass is 332 g/mol. The van der Waals surface area contributed by atoms with E-state index in [0.717, 1.165) is 18.8 Å². The number of carbonyl (C=O) groups excluding carboxylic acids is 1. The first-order valence-electron chi connectivity index (χ1n) is 8.56. The van der Waals surface area contributed by atoms with Gasteiger partial charge in [-0.15, -0.1) is 12.4 Å². The Hall–Kier alpha value is -0.320. The van der Waals surface area contributed by atoms with Gasteiger partial charge in [0.2, 0.25) is 5.91 Å². The molecule has 4 nitrogen and oxygen atoms in total. The fraction of sp³-hybridized carbons (Fsp3) is 0.941. The standard InChI is InChI=1S/C17H32N2O2.ClH/c1-5-12-8-7-9-13(10-12)19-15(20)17(18)11-14(21-6-2)16(17,3)4;/h12-14H,5-11,18H2,1-4H3,(H,19,20);1H. The SMILES string of the molecule is CCOC1CC(N)(C(=O)NC2CCCC(CC)C2)C1(C)C.Cl. The number of ether oxygens (including phenoxy) is 1. The van der Waals surface area contributed by atoms with E-state index in [2.05, 4.69) is 12.2 Å². The number of hydrogen-bond acceptors (Lipinski definition) is 3. The number of amides is 1. The van der Waals surface area contributed by atoms with Crippen molar-refractivity contribution in [3.8, 4) is 0 Å². The van der Waals surface area contributed by atoms with Crippen molar-refractivity contribution in [2.75, 3.05) is 6.61 Å². The molecular formula is C17H33ClN2O2. The Bertz CT molecular complexity index is 389. The van der Waals surface area contributed by atoms with Crippen LogP contribution in [-0.4, -0.2) is 30.2 Å². The molecule has 2 rings (SSSR count). The first-order chi connectivity index (χ1) is 9.85. The van der Waals surface area contributed by atoms with Gasteiger partial charge in [0.25, 0.3) is 0 Å². The molecule has 1 amide bonds. The van der Waals surface area contributed by atoms with Gasteiger partial charge in [-0.2, -0.15) is 0 Å². The fourth-order valence-corrected chi connectivity index (χ4v) is 3.93. The highest BCUT2D eigenvalue weighted by Gasteiger charge is 2.63. The summed E-state index contributed by atoms with van der Waals surface area (Å²) in [5.74, 6) is 0.772. The van der Waals surface area contributed by atoms with Gasteiger partial charge in [0, 0.05) is 24.5 Å². The lowest BCUT2D eigenvalue weighted by Crippen LogP contribution is -2.76. The lowest BCUT2D eigenvalue weighted by atomic mass is 9.54. The Labute approximate surface area is 141 Å². The molecule has 2 saturated carbocycles. The molecule has 0 spiro atoms. The van der Waals surface area contributed by atoms with E-state index < -0.39 is 5.54 Å². The Balaban J connectivity index is 0.00000242. The molecule has 130 valence electrons. The Morgan fingerprint density at radius 1 is 1.32 bits per heavy atom. The van der Waals surface area contributed by atoms with Crippen LogP contribution in [-0.2, 0) is 9.53 Å². The molecule has 0 heterocycles. The number of halogens is 1. The van der Waals surface area contributed by atoms with E-state index in [-0.39, 0.29) is 29.8 Å². The van der Waals surface area contributed by atoms with Gasteiger partial charge in [0.15, 0.2) is 0 Å². The van der Waals surface area contributed by atoms with Gasteiger partial charge in [0.05, 0.1) is 6.10 Å². The molecule has 4 atom stereocenters. The average Bonchev–Trinajstić information content (AvgIpc) is 2.46. The average molecular weight is 333 g/mol. The minimum Gasteiger partial charge on any atom is -0.378 e. The summed E-state index contributed by atoms with van der Waals surface area (Å²) in [6.45, 7) is 8.99. The first kappa shape index (κ1) is 19.7. The summed E-state index contributed by atoms with van der Waals surface area (Å²) < 4.78 is 5.70. The zero-order chi connectivity index (χ0) is 15.7. The van der Waals surface area contributed by atoms with Crippen LogP contribution in [0.4, 0.5) is 0 Å². The van der Waals surface area contributed by atoms with Gasteiger partial charge in [-0.1, -0.05) is 40.0 Å². The largest absolute Gasteiger partial charge is 0.378 e. The van der Waals surface area contributed by atoms with E-state index in [0.29, 0.717) is 19.1 Å². The van der Waals surface area contributed by atoms with Crippen LogP contribution in [0.3, 0.4) is 0 Å². The number of nitrogens with two attached hydrogens (primary N) is 1. The predicted octanol–water partition coefficient (Wildman–Crippen LogP) is 3.03. The zero-order valence-electron chi connectivity index (χ0n) is 14.5. The zero-order valence-corrected chi connectivity index (χ0v) is 15.3. The van der Waals surface area contributed by atoms with E-state index in [9.17, 15) is 4.79 Å². The highest BCUT2D eigenvalue weighted by Crippen LogP contribution is 2.50. The first-order valence-corrected chi connectivity index (χ1v) is 8.56. The molecule has 2 aliphatic carbocycles. The maximum atomic E-state index is 12.7. The van der Waals surface area contributed by atoms with Crippen molar-refractivity contribution >= 4 is 18.3 Å². The van der Waals surface area contributed by atoms with Crippen molar-refractivity contribution in [2.24, 2.45) is 17.1 Å². The molecule has 0 aliphatic heterocycles. The van der Waals surface area contributed by atoms with Crippen LogP contribution < -0.4 is 11.1 Å². The fourth-order valence-electron chi connectivity index (χ4n) is 3.93. The number of carbonyl (C=O) groups is 1. The van der Waals surface area contributed by atoms with Crippen LogP contribution in [0, 0.1) is 11.3 Å². The minimum absolute atomic E-state index is 0. The minimum atomic E-state index is -0.786. The Morgan fingerprint density at radius 2 is 2.00 bits per heavy atom. The summed E-state index contributed by atoms with van der Waals surface area (Å²) in [7, 11) is 0. The summed E-state index contributed by atoms with van der Waals surface area (Å²) >= 11 is 0. The topological polar surface area (TPSA) is 64.3 Å². The third kappa shape index (κ3) is 3.44. The molecule has 2 fully saturated rings. The number of rotatable bonds is 5. The van der Waals surface area contributed by atoms with E-state index >= 15 is 0 Å². The van der Waals surface area contributed by atoms with Crippen LogP contribution in [0.5, 0.6) is 0 Å². The van der Waals surface area contributed by atoms with Crippen LogP contribution in [0.2, 0.25) is 0 Å². The number of nitrogens with one attached hydrogen (secondary N) is 1. The molecular weight excluding hydrogens is 300 g/mol. The maximum absolute atomic E-state index is 12.7. The van der Waals surface area contributed by atoms with Crippen LogP contribution in [0.15, 0.2) is 0 Å². The van der Waals surface area contributed by atoms with Gasteiger partial charge >= 0.3 is 0 Å². The molecule has 0 radical (unpaired) electrons. The molecule has 5 heteroatoms. The van der Waals surface area contributed by atoms with Crippen LogP contribution >= 0.6 is 12.4 Å². The van der Waals surface area contributed by atoms with E-state index in [4.69, 9.17) is 10.5 Å².